The van der Waals surface area contributed by atoms with E-state index in [4.69, 9.17) is 28.0 Å². The average Bonchev–Trinajstić information content (AvgIpc) is 2.82. The predicted octanol–water partition coefficient (Wildman–Crippen LogP) is 5.41. The van der Waals surface area contributed by atoms with Crippen LogP contribution in [0.5, 0.6) is 23.0 Å². The molecule has 2 aromatic rings. The Morgan fingerprint density at radius 1 is 0.886 bits per heavy atom. The van der Waals surface area contributed by atoms with Gasteiger partial charge in [-0.05, 0) is 49.5 Å². The van der Waals surface area contributed by atoms with Crippen LogP contribution in [0.3, 0.4) is 0 Å². The van der Waals surface area contributed by atoms with Gasteiger partial charge in [0.25, 0.3) is 10.0 Å². The molecule has 0 heterocycles. The maximum absolute atomic E-state index is 13.0. The van der Waals surface area contributed by atoms with E-state index in [1.165, 1.54) is 46.6 Å². The third-order valence-electron chi connectivity index (χ3n) is 4.38. The molecule has 0 aromatic heterocycles. The Morgan fingerprint density at radius 3 is 1.94 bits per heavy atom. The third kappa shape index (κ3) is 8.08. The van der Waals surface area contributed by atoms with E-state index < -0.39 is 16.8 Å². The van der Waals surface area contributed by atoms with E-state index in [2.05, 4.69) is 4.72 Å². The minimum atomic E-state index is -3.95. The van der Waals surface area contributed by atoms with Crippen LogP contribution in [0.1, 0.15) is 19.4 Å². The lowest BCUT2D eigenvalue weighted by atomic mass is 10.1. The van der Waals surface area contributed by atoms with Gasteiger partial charge in [0.15, 0.2) is 0 Å². The number of ether oxygens (including phenoxy) is 4. The molecule has 2 rings (SSSR count). The summed E-state index contributed by atoms with van der Waals surface area (Å²) in [6.45, 7) is 0.245. The van der Waals surface area contributed by atoms with Crippen molar-refractivity contribution >= 4 is 40.0 Å². The molecule has 0 bridgehead atoms. The Labute approximate surface area is 210 Å². The van der Waals surface area contributed by atoms with Crippen LogP contribution in [-0.2, 0) is 23.6 Å². The second-order valence-corrected chi connectivity index (χ2v) is 12.1. The quantitative estimate of drug-likeness (QED) is 0.308. The normalized spacial score (nSPS) is 11.9. The van der Waals surface area contributed by atoms with Gasteiger partial charge in [0, 0.05) is 12.1 Å². The largest absolute Gasteiger partial charge is 0.496 e. The molecule has 0 spiro atoms. The minimum Gasteiger partial charge on any atom is -0.496 e. The number of anilines is 1. The zero-order valence-corrected chi connectivity index (χ0v) is 22.9. The Balaban J connectivity index is 2.36. The molecule has 0 amide bonds. The summed E-state index contributed by atoms with van der Waals surface area (Å²) >= 11 is 0.843. The molecule has 0 aliphatic rings. The van der Waals surface area contributed by atoms with E-state index >= 15 is 0 Å². The van der Waals surface area contributed by atoms with Crippen molar-refractivity contribution in [3.8, 4) is 23.0 Å². The number of hydrogen-bond donors (Lipinski definition) is 1. The van der Waals surface area contributed by atoms with Crippen molar-refractivity contribution in [3.63, 3.8) is 0 Å². The zero-order chi connectivity index (χ0) is 26.1. The standard InChI is InChI=1S/C22H30NO9PS2/c1-7-31-33(24,32-8-2)34-22-13-16(9-10-19(22)28-4)23-35(25,26)12-11-18-20(29-5)14-17(27-3)15-21(18)30-6/h9-15,23H,7-8H2,1-6H3. The second kappa shape index (κ2) is 13.1. The summed E-state index contributed by atoms with van der Waals surface area (Å²) < 4.78 is 72.9. The topological polar surface area (TPSA) is 119 Å². The first-order chi connectivity index (χ1) is 16.6. The highest BCUT2D eigenvalue weighted by atomic mass is 32.7. The monoisotopic (exact) mass is 547 g/mol. The Hall–Kier alpha value is -2.37. The van der Waals surface area contributed by atoms with E-state index in [-0.39, 0.29) is 18.9 Å². The molecule has 0 radical (unpaired) electrons. The molecule has 0 atom stereocenters. The van der Waals surface area contributed by atoms with Gasteiger partial charge in [0.05, 0.1) is 63.2 Å². The summed E-state index contributed by atoms with van der Waals surface area (Å²) in [5.74, 6) is 1.63. The lowest BCUT2D eigenvalue weighted by molar-refractivity contribution is 0.237. The molecule has 0 unspecified atom stereocenters. The van der Waals surface area contributed by atoms with E-state index in [0.29, 0.717) is 33.5 Å². The number of rotatable bonds is 14. The molecule has 0 fully saturated rings. The molecule has 194 valence electrons. The molecule has 0 saturated carbocycles. The summed E-state index contributed by atoms with van der Waals surface area (Å²) in [6.07, 6.45) is 1.36. The molecule has 0 aliphatic carbocycles. The highest BCUT2D eigenvalue weighted by molar-refractivity contribution is 8.55. The van der Waals surface area contributed by atoms with Crippen molar-refractivity contribution in [1.82, 2.24) is 0 Å². The number of sulfonamides is 1. The molecule has 0 aliphatic heterocycles. The van der Waals surface area contributed by atoms with E-state index in [1.54, 1.807) is 32.0 Å². The molecular weight excluding hydrogens is 517 g/mol. The molecule has 10 nitrogen and oxygen atoms in total. The van der Waals surface area contributed by atoms with Gasteiger partial charge < -0.3 is 28.0 Å². The second-order valence-electron chi connectivity index (χ2n) is 6.64. The maximum Gasteiger partial charge on any atom is 0.393 e. The van der Waals surface area contributed by atoms with Crippen LogP contribution in [0.2, 0.25) is 0 Å². The van der Waals surface area contributed by atoms with Crippen molar-refractivity contribution in [2.75, 3.05) is 46.4 Å². The number of methoxy groups -OCH3 is 4. The summed E-state index contributed by atoms with van der Waals surface area (Å²) in [4.78, 5) is 0.389. The Morgan fingerprint density at radius 2 is 1.46 bits per heavy atom. The van der Waals surface area contributed by atoms with Crippen LogP contribution in [0.25, 0.3) is 6.08 Å². The van der Waals surface area contributed by atoms with Gasteiger partial charge in [-0.15, -0.1) is 0 Å². The molecule has 13 heteroatoms. The first-order valence-electron chi connectivity index (χ1n) is 10.4. The molecule has 1 N–H and O–H groups in total. The van der Waals surface area contributed by atoms with Gasteiger partial charge in [-0.25, -0.2) is 13.0 Å². The minimum absolute atomic E-state index is 0.183. The van der Waals surface area contributed by atoms with Crippen LogP contribution < -0.4 is 23.7 Å². The van der Waals surface area contributed by atoms with Crippen molar-refractivity contribution in [2.45, 2.75) is 18.7 Å². The van der Waals surface area contributed by atoms with E-state index in [1.807, 2.05) is 0 Å². The average molecular weight is 548 g/mol. The van der Waals surface area contributed by atoms with Gasteiger partial charge >= 0.3 is 6.80 Å². The van der Waals surface area contributed by atoms with Crippen LogP contribution in [0.4, 0.5) is 5.69 Å². The van der Waals surface area contributed by atoms with Crippen LogP contribution in [-0.4, -0.2) is 50.1 Å². The molecular formula is C22H30NO9PS2. The molecule has 35 heavy (non-hydrogen) atoms. The first-order valence-corrected chi connectivity index (χ1v) is 14.9. The number of nitrogens with one attached hydrogen (secondary N) is 1. The SMILES string of the molecule is CCOP(=O)(OCC)Sc1cc(NS(=O)(=O)C=Cc2c(OC)cc(OC)cc2OC)ccc1OC. The number of benzene rings is 2. The predicted molar refractivity (Wildman–Crippen MR) is 137 cm³/mol. The fourth-order valence-electron chi connectivity index (χ4n) is 2.89. The van der Waals surface area contributed by atoms with Crippen LogP contribution in [0.15, 0.2) is 40.6 Å². The first kappa shape index (κ1) is 28.9. The van der Waals surface area contributed by atoms with Crippen molar-refractivity contribution in [1.29, 1.82) is 0 Å². The molecule has 2 aromatic carbocycles. The number of hydrogen-bond acceptors (Lipinski definition) is 10. The van der Waals surface area contributed by atoms with E-state index in [9.17, 15) is 13.0 Å². The van der Waals surface area contributed by atoms with Gasteiger partial charge in [-0.3, -0.25) is 4.72 Å². The summed E-state index contributed by atoms with van der Waals surface area (Å²) in [6, 6.07) is 7.80. The van der Waals surface area contributed by atoms with E-state index in [0.717, 1.165) is 16.8 Å². The zero-order valence-electron chi connectivity index (χ0n) is 20.4. The fraction of sp³-hybridized carbons (Fsp3) is 0.364. The summed E-state index contributed by atoms with van der Waals surface area (Å²) in [7, 11) is 1.91. The van der Waals surface area contributed by atoms with Crippen LogP contribution >= 0.6 is 18.2 Å². The highest BCUT2D eigenvalue weighted by Crippen LogP contribution is 2.65. The smallest absolute Gasteiger partial charge is 0.393 e. The lowest BCUT2D eigenvalue weighted by Gasteiger charge is -2.18. The van der Waals surface area contributed by atoms with Crippen molar-refractivity contribution in [2.24, 2.45) is 0 Å². The Bertz CT molecular complexity index is 1150. The van der Waals surface area contributed by atoms with Crippen molar-refractivity contribution < 1.29 is 41.0 Å². The molecule has 0 saturated heterocycles. The van der Waals surface area contributed by atoms with Gasteiger partial charge in [0.1, 0.15) is 23.0 Å². The fourth-order valence-corrected chi connectivity index (χ4v) is 7.30. The van der Waals surface area contributed by atoms with Gasteiger partial charge in [-0.2, -0.15) is 0 Å². The highest BCUT2D eigenvalue weighted by Gasteiger charge is 2.28. The Kier molecular flexibility index (Phi) is 10.8. The maximum atomic E-state index is 13.0. The lowest BCUT2D eigenvalue weighted by Crippen LogP contribution is -2.09. The van der Waals surface area contributed by atoms with Crippen molar-refractivity contribution in [3.05, 3.63) is 41.3 Å². The summed E-state index contributed by atoms with van der Waals surface area (Å²) in [5, 5.41) is 0.988. The van der Waals surface area contributed by atoms with Crippen LogP contribution in [0, 0.1) is 0 Å². The van der Waals surface area contributed by atoms with Gasteiger partial charge in [0.2, 0.25) is 0 Å². The van der Waals surface area contributed by atoms with Gasteiger partial charge in [-0.1, -0.05) is 0 Å². The summed E-state index contributed by atoms with van der Waals surface area (Å²) in [5.41, 5.74) is 0.646. The third-order valence-corrected chi connectivity index (χ3v) is 9.17.